The number of hydrogen-bond acceptors (Lipinski definition) is 6. The summed E-state index contributed by atoms with van der Waals surface area (Å²) in [5.41, 5.74) is 0.870. The van der Waals surface area contributed by atoms with Gasteiger partial charge in [0, 0.05) is 5.56 Å². The van der Waals surface area contributed by atoms with Crippen LogP contribution in [0, 0.1) is 0 Å². The molecule has 2 aliphatic heterocycles. The van der Waals surface area contributed by atoms with Crippen molar-refractivity contribution in [1.29, 1.82) is 0 Å². The van der Waals surface area contributed by atoms with Gasteiger partial charge in [-0.05, 0) is 29.0 Å². The van der Waals surface area contributed by atoms with E-state index in [-0.39, 0.29) is 16.7 Å². The summed E-state index contributed by atoms with van der Waals surface area (Å²) in [6.45, 7) is 0. The van der Waals surface area contributed by atoms with Crippen molar-refractivity contribution in [3.8, 4) is 0 Å². The van der Waals surface area contributed by atoms with E-state index in [0.717, 1.165) is 0 Å². The fraction of sp³-hybridized carbons (Fsp3) is 0.0714. The van der Waals surface area contributed by atoms with Gasteiger partial charge in [0.15, 0.2) is 0 Å². The number of cyclic esters (lactones) is 3. The smallest absolute Gasteiger partial charge is 0.346 e. The largest absolute Gasteiger partial charge is 0.428 e. The van der Waals surface area contributed by atoms with Crippen LogP contribution < -0.4 is 0 Å². The molecule has 6 nitrogen and oxygen atoms in total. The Bertz CT molecular complexity index is 835. The molecule has 0 bridgehead atoms. The fourth-order valence-electron chi connectivity index (χ4n) is 2.60. The maximum Gasteiger partial charge on any atom is 0.346 e. The van der Waals surface area contributed by atoms with E-state index in [1.807, 2.05) is 0 Å². The summed E-state index contributed by atoms with van der Waals surface area (Å²) in [6, 6.07) is 6.10. The first kappa shape index (κ1) is 11.1. The van der Waals surface area contributed by atoms with Gasteiger partial charge in [-0.25, -0.2) is 14.4 Å². The van der Waals surface area contributed by atoms with Crippen molar-refractivity contribution in [3.05, 3.63) is 46.5 Å². The van der Waals surface area contributed by atoms with Gasteiger partial charge in [0.2, 0.25) is 6.29 Å². The van der Waals surface area contributed by atoms with Gasteiger partial charge in [-0.15, -0.1) is 0 Å². The second-order valence-corrected chi connectivity index (χ2v) is 4.58. The molecular weight excluding hydrogens is 264 g/mol. The molecule has 0 amide bonds. The lowest BCUT2D eigenvalue weighted by molar-refractivity contribution is -0.0540. The third kappa shape index (κ3) is 1.23. The zero-order valence-electron chi connectivity index (χ0n) is 9.88. The Morgan fingerprint density at radius 3 is 2.35 bits per heavy atom. The van der Waals surface area contributed by atoms with E-state index in [9.17, 15) is 19.5 Å². The number of rotatable bonds is 0. The van der Waals surface area contributed by atoms with Crippen LogP contribution in [0.15, 0.2) is 24.3 Å². The van der Waals surface area contributed by atoms with Crippen molar-refractivity contribution in [2.75, 3.05) is 0 Å². The molecule has 0 radical (unpaired) electrons. The highest BCUT2D eigenvalue weighted by Crippen LogP contribution is 2.37. The van der Waals surface area contributed by atoms with Crippen LogP contribution in [0.3, 0.4) is 0 Å². The molecule has 1 atom stereocenters. The number of hydrogen-bond donors (Lipinski definition) is 1. The third-order valence-corrected chi connectivity index (χ3v) is 3.51. The Labute approximate surface area is 111 Å². The van der Waals surface area contributed by atoms with E-state index in [1.165, 1.54) is 18.2 Å². The summed E-state index contributed by atoms with van der Waals surface area (Å²) in [5.74, 6) is -2.04. The van der Waals surface area contributed by atoms with Crippen molar-refractivity contribution in [1.82, 2.24) is 0 Å². The number of fused-ring (bicyclic) bond motifs is 4. The topological polar surface area (TPSA) is 89.9 Å². The van der Waals surface area contributed by atoms with Crippen LogP contribution in [0.2, 0.25) is 0 Å². The zero-order valence-corrected chi connectivity index (χ0v) is 9.88. The Hall–Kier alpha value is -2.73. The summed E-state index contributed by atoms with van der Waals surface area (Å²) in [5, 5.41) is 10.9. The maximum atomic E-state index is 11.6. The van der Waals surface area contributed by atoms with Gasteiger partial charge in [-0.2, -0.15) is 0 Å². The van der Waals surface area contributed by atoms with Crippen LogP contribution in [0.4, 0.5) is 0 Å². The van der Waals surface area contributed by atoms with Crippen molar-refractivity contribution >= 4 is 28.7 Å². The second-order valence-electron chi connectivity index (χ2n) is 4.58. The molecule has 4 rings (SSSR count). The first-order chi connectivity index (χ1) is 9.56. The second kappa shape index (κ2) is 3.43. The average Bonchev–Trinajstić information content (AvgIpc) is 2.86. The molecule has 2 aromatic rings. The Kier molecular flexibility index (Phi) is 1.91. The highest BCUT2D eigenvalue weighted by molar-refractivity contribution is 6.17. The van der Waals surface area contributed by atoms with Crippen LogP contribution in [-0.4, -0.2) is 23.0 Å². The average molecular weight is 270 g/mol. The molecule has 0 saturated carbocycles. The normalized spacial score (nSPS) is 19.9. The first-order valence-electron chi connectivity index (χ1n) is 5.82. The summed E-state index contributed by atoms with van der Waals surface area (Å²) in [6.07, 6.45) is -1.37. The molecular formula is C14H6O6. The summed E-state index contributed by atoms with van der Waals surface area (Å²) >= 11 is 0. The SMILES string of the molecule is O=C1OC(=O)c2cc3c4c(ccc3cc21)C(=O)OC4O. The first-order valence-corrected chi connectivity index (χ1v) is 5.82. The summed E-state index contributed by atoms with van der Waals surface area (Å²) in [7, 11) is 0. The van der Waals surface area contributed by atoms with E-state index < -0.39 is 24.2 Å². The van der Waals surface area contributed by atoms with Gasteiger partial charge in [0.1, 0.15) is 0 Å². The number of carbonyl (C=O) groups excluding carboxylic acids is 3. The minimum atomic E-state index is -1.37. The summed E-state index contributed by atoms with van der Waals surface area (Å²) < 4.78 is 9.27. The monoisotopic (exact) mass is 270 g/mol. The van der Waals surface area contributed by atoms with Crippen molar-refractivity contribution in [2.24, 2.45) is 0 Å². The molecule has 0 spiro atoms. The highest BCUT2D eigenvalue weighted by atomic mass is 16.6. The van der Waals surface area contributed by atoms with E-state index in [2.05, 4.69) is 4.74 Å². The number of esters is 3. The minimum Gasteiger partial charge on any atom is -0.428 e. The number of aliphatic hydroxyl groups is 1. The van der Waals surface area contributed by atoms with E-state index >= 15 is 0 Å². The van der Waals surface area contributed by atoms with Gasteiger partial charge in [0.05, 0.1) is 16.7 Å². The number of aliphatic hydroxyl groups excluding tert-OH is 1. The molecule has 1 unspecified atom stereocenters. The molecule has 0 aliphatic carbocycles. The zero-order chi connectivity index (χ0) is 14.0. The molecule has 98 valence electrons. The highest BCUT2D eigenvalue weighted by Gasteiger charge is 2.34. The third-order valence-electron chi connectivity index (χ3n) is 3.51. The van der Waals surface area contributed by atoms with E-state index in [0.29, 0.717) is 16.3 Å². The van der Waals surface area contributed by atoms with E-state index in [1.54, 1.807) is 6.07 Å². The minimum absolute atomic E-state index is 0.127. The fourth-order valence-corrected chi connectivity index (χ4v) is 2.60. The van der Waals surface area contributed by atoms with Gasteiger partial charge in [-0.3, -0.25) is 0 Å². The van der Waals surface area contributed by atoms with Gasteiger partial charge >= 0.3 is 17.9 Å². The molecule has 0 saturated heterocycles. The lowest BCUT2D eigenvalue weighted by Gasteiger charge is -2.07. The summed E-state index contributed by atoms with van der Waals surface area (Å²) in [4.78, 5) is 34.6. The predicted octanol–water partition coefficient (Wildman–Crippen LogP) is 1.31. The van der Waals surface area contributed by atoms with Crippen LogP contribution >= 0.6 is 0 Å². The lowest BCUT2D eigenvalue weighted by Crippen LogP contribution is -1.97. The van der Waals surface area contributed by atoms with Gasteiger partial charge in [-0.1, -0.05) is 6.07 Å². The molecule has 2 aromatic carbocycles. The molecule has 6 heteroatoms. The predicted molar refractivity (Wildman–Crippen MR) is 64.1 cm³/mol. The number of ether oxygens (including phenoxy) is 2. The standard InChI is InChI=1S/C14H6O6/c15-11-6-2-1-5-3-8-9(13(17)19-12(8)16)4-7(5)10(6)14(18)20-11/h1-4,14,18H. The molecule has 0 fully saturated rings. The van der Waals surface area contributed by atoms with Gasteiger partial charge < -0.3 is 14.6 Å². The Balaban J connectivity index is 2.11. The lowest BCUT2D eigenvalue weighted by atomic mass is 9.96. The van der Waals surface area contributed by atoms with Crippen LogP contribution in [0.5, 0.6) is 0 Å². The Morgan fingerprint density at radius 2 is 1.60 bits per heavy atom. The number of benzene rings is 2. The van der Waals surface area contributed by atoms with E-state index in [4.69, 9.17) is 4.74 Å². The van der Waals surface area contributed by atoms with Crippen LogP contribution in [0.25, 0.3) is 10.8 Å². The number of carbonyl (C=O) groups is 3. The molecule has 2 heterocycles. The van der Waals surface area contributed by atoms with Crippen LogP contribution in [-0.2, 0) is 9.47 Å². The molecule has 0 aromatic heterocycles. The van der Waals surface area contributed by atoms with Gasteiger partial charge in [0.25, 0.3) is 0 Å². The Morgan fingerprint density at radius 1 is 0.900 bits per heavy atom. The maximum absolute atomic E-state index is 11.6. The van der Waals surface area contributed by atoms with Crippen LogP contribution in [0.1, 0.15) is 42.9 Å². The quantitative estimate of drug-likeness (QED) is 0.573. The molecule has 1 N–H and O–H groups in total. The van der Waals surface area contributed by atoms with Crippen molar-refractivity contribution < 1.29 is 29.0 Å². The van der Waals surface area contributed by atoms with Crippen molar-refractivity contribution in [3.63, 3.8) is 0 Å². The molecule has 20 heavy (non-hydrogen) atoms. The molecule has 2 aliphatic rings. The van der Waals surface area contributed by atoms with Crippen molar-refractivity contribution in [2.45, 2.75) is 6.29 Å².